The number of carbonyl (C=O) groups excluding carboxylic acids is 4. The van der Waals surface area contributed by atoms with Crippen LogP contribution in [0.5, 0.6) is 11.5 Å². The summed E-state index contributed by atoms with van der Waals surface area (Å²) in [6.45, 7) is 0.345. The molecule has 2 aromatic heterocycles. The van der Waals surface area contributed by atoms with Crippen LogP contribution in [0.25, 0.3) is 28.1 Å². The molecule has 8 rings (SSSR count). The Kier molecular flexibility index (Phi) is 8.07. The lowest BCUT2D eigenvalue weighted by molar-refractivity contribution is -0.136. The number of ether oxygens (including phenoxy) is 2. The number of nitrogens with zero attached hydrogens (tertiary/aromatic N) is 5. The van der Waals surface area contributed by atoms with Gasteiger partial charge in [-0.1, -0.05) is 29.4 Å². The highest BCUT2D eigenvalue weighted by Gasteiger charge is 2.44. The van der Waals surface area contributed by atoms with Crippen LogP contribution < -0.4 is 14.8 Å². The molecular weight excluding hydrogens is 652 g/mol. The van der Waals surface area contributed by atoms with E-state index < -0.39 is 29.7 Å². The van der Waals surface area contributed by atoms with Gasteiger partial charge in [-0.2, -0.15) is 5.10 Å². The highest BCUT2D eigenvalue weighted by Crippen LogP contribution is 2.35. The number of carbonyl (C=O) groups is 4. The number of benzene rings is 3. The predicted molar refractivity (Wildman–Crippen MR) is 183 cm³/mol. The first-order chi connectivity index (χ1) is 24.9. The van der Waals surface area contributed by atoms with Crippen LogP contribution in [0.1, 0.15) is 51.1 Å². The molecule has 1 aliphatic carbocycles. The topological polar surface area (TPSA) is 165 Å². The molecule has 2 N–H and O–H groups in total. The Morgan fingerprint density at radius 1 is 0.784 bits per heavy atom. The Morgan fingerprint density at radius 2 is 1.55 bits per heavy atom. The molecule has 0 bridgehead atoms. The number of amides is 4. The van der Waals surface area contributed by atoms with Crippen molar-refractivity contribution >= 4 is 29.3 Å². The first-order valence-corrected chi connectivity index (χ1v) is 16.4. The van der Waals surface area contributed by atoms with Gasteiger partial charge in [0, 0.05) is 47.8 Å². The largest absolute Gasteiger partial charge is 0.490 e. The van der Waals surface area contributed by atoms with Crippen LogP contribution in [0.2, 0.25) is 0 Å². The number of fused-ring (bicyclic) bond motifs is 2. The number of rotatable bonds is 9. The molecule has 1 saturated heterocycles. The number of hydrogen-bond acceptors (Lipinski definition) is 10. The molecule has 51 heavy (non-hydrogen) atoms. The van der Waals surface area contributed by atoms with Crippen LogP contribution >= 0.6 is 0 Å². The van der Waals surface area contributed by atoms with E-state index in [0.29, 0.717) is 23.6 Å². The summed E-state index contributed by atoms with van der Waals surface area (Å²) in [4.78, 5) is 55.1. The van der Waals surface area contributed by atoms with Gasteiger partial charge in [-0.3, -0.25) is 34.4 Å². The molecule has 3 aliphatic rings. The van der Waals surface area contributed by atoms with Crippen LogP contribution in [0, 0.1) is 0 Å². The number of oxime groups is 1. The minimum absolute atomic E-state index is 0.0512. The second kappa shape index (κ2) is 13.0. The number of nitrogens with one attached hydrogen (secondary N) is 1. The van der Waals surface area contributed by atoms with Crippen molar-refractivity contribution in [2.24, 2.45) is 5.16 Å². The average Bonchev–Trinajstić information content (AvgIpc) is 3.85. The zero-order chi connectivity index (χ0) is 35.1. The molecule has 2 aliphatic heterocycles. The number of aryl methyl sites for hydroxylation is 1. The van der Waals surface area contributed by atoms with Gasteiger partial charge in [0.05, 0.1) is 22.5 Å². The summed E-state index contributed by atoms with van der Waals surface area (Å²) in [5, 5.41) is 20.0. The number of imide groups is 2. The lowest BCUT2D eigenvalue weighted by atomic mass is 9.98. The lowest BCUT2D eigenvalue weighted by Gasteiger charge is -2.27. The third kappa shape index (κ3) is 5.88. The molecule has 13 heteroatoms. The van der Waals surface area contributed by atoms with Crippen molar-refractivity contribution in [3.63, 3.8) is 0 Å². The molecule has 0 saturated carbocycles. The molecule has 1 unspecified atom stereocenters. The first kappa shape index (κ1) is 31.6. The Balaban J connectivity index is 0.957. The van der Waals surface area contributed by atoms with Gasteiger partial charge in [0.25, 0.3) is 11.8 Å². The second-order valence-electron chi connectivity index (χ2n) is 12.3. The molecule has 254 valence electrons. The van der Waals surface area contributed by atoms with Gasteiger partial charge in [-0.25, -0.2) is 4.68 Å². The van der Waals surface area contributed by atoms with Crippen LogP contribution in [0.3, 0.4) is 0 Å². The molecule has 0 spiro atoms. The smallest absolute Gasteiger partial charge is 0.262 e. The molecule has 4 amide bonds. The molecule has 13 nitrogen and oxygen atoms in total. The highest BCUT2D eigenvalue weighted by molar-refractivity contribution is 6.23. The van der Waals surface area contributed by atoms with Crippen molar-refractivity contribution < 1.29 is 33.9 Å². The molecule has 0 radical (unpaired) electrons. The Labute approximate surface area is 291 Å². The van der Waals surface area contributed by atoms with E-state index in [0.717, 1.165) is 50.5 Å². The molecule has 1 atom stereocenters. The summed E-state index contributed by atoms with van der Waals surface area (Å²) in [6, 6.07) is 21.0. The molecule has 5 aromatic rings. The summed E-state index contributed by atoms with van der Waals surface area (Å²) in [6.07, 6.45) is 7.09. The SMILES string of the molecule is O=C1CCC(N2C(=O)c3ccc(OCCOc4cccc(-n5cc(-c6ccc7c(c6)CCC7=NO)c(-c6ccncc6)n5)c4)cc3C2=O)C(=O)N1. The summed E-state index contributed by atoms with van der Waals surface area (Å²) >= 11 is 0. The van der Waals surface area contributed by atoms with Gasteiger partial charge in [0.1, 0.15) is 36.4 Å². The van der Waals surface area contributed by atoms with E-state index in [9.17, 15) is 24.4 Å². The highest BCUT2D eigenvalue weighted by atomic mass is 16.5. The standard InChI is InChI=1S/C38H30N6O7/c45-34-11-10-33(36(46)40-34)44-37(47)29-8-6-27(20-30(29)38(44)48)51-17-16-50-26-3-1-2-25(19-26)43-21-31(35(41-43)22-12-14-39-15-13-22)24-4-7-28-23(18-24)5-9-32(28)42-49/h1-4,6-8,12-15,18-21,33,49H,5,9-11,16-17H2,(H,40,45,46). The average molecular weight is 683 g/mol. The van der Waals surface area contributed by atoms with Crippen molar-refractivity contribution in [2.75, 3.05) is 13.2 Å². The number of aromatic nitrogens is 3. The van der Waals surface area contributed by atoms with Gasteiger partial charge in [-0.15, -0.1) is 0 Å². The van der Waals surface area contributed by atoms with Crippen LogP contribution in [-0.4, -0.2) is 73.5 Å². The number of hydrogen-bond donors (Lipinski definition) is 2. The van der Waals surface area contributed by atoms with Crippen molar-refractivity contribution in [2.45, 2.75) is 31.7 Å². The minimum atomic E-state index is -1.03. The van der Waals surface area contributed by atoms with E-state index in [1.807, 2.05) is 59.4 Å². The molecular formula is C38H30N6O7. The van der Waals surface area contributed by atoms with E-state index in [1.54, 1.807) is 18.5 Å². The van der Waals surface area contributed by atoms with E-state index in [4.69, 9.17) is 14.6 Å². The van der Waals surface area contributed by atoms with Gasteiger partial charge < -0.3 is 14.7 Å². The van der Waals surface area contributed by atoms with Gasteiger partial charge in [0.2, 0.25) is 11.8 Å². The summed E-state index contributed by atoms with van der Waals surface area (Å²) in [7, 11) is 0. The Bertz CT molecular complexity index is 2260. The molecule has 4 heterocycles. The number of pyridine rings is 1. The van der Waals surface area contributed by atoms with E-state index in [-0.39, 0.29) is 37.2 Å². The Hall–Kier alpha value is -6.63. The monoisotopic (exact) mass is 682 g/mol. The lowest BCUT2D eigenvalue weighted by Crippen LogP contribution is -2.54. The van der Waals surface area contributed by atoms with E-state index in [2.05, 4.69) is 21.5 Å². The fourth-order valence-electron chi connectivity index (χ4n) is 6.76. The zero-order valence-corrected chi connectivity index (χ0v) is 27.1. The quantitative estimate of drug-likeness (QED) is 0.0980. The maximum atomic E-state index is 13.1. The maximum Gasteiger partial charge on any atom is 0.262 e. The van der Waals surface area contributed by atoms with E-state index in [1.165, 1.54) is 12.1 Å². The van der Waals surface area contributed by atoms with Crippen molar-refractivity contribution in [1.82, 2.24) is 25.0 Å². The van der Waals surface area contributed by atoms with Gasteiger partial charge in [0.15, 0.2) is 0 Å². The summed E-state index contributed by atoms with van der Waals surface area (Å²) < 4.78 is 13.7. The fraction of sp³-hybridized carbons (Fsp3) is 0.184. The third-order valence-electron chi connectivity index (χ3n) is 9.26. The van der Waals surface area contributed by atoms with E-state index >= 15 is 0 Å². The van der Waals surface area contributed by atoms with Crippen LogP contribution in [-0.2, 0) is 16.0 Å². The molecule has 3 aromatic carbocycles. The van der Waals surface area contributed by atoms with Crippen molar-refractivity contribution in [3.05, 3.63) is 114 Å². The van der Waals surface area contributed by atoms with Crippen LogP contribution in [0.4, 0.5) is 0 Å². The first-order valence-electron chi connectivity index (χ1n) is 16.4. The fourth-order valence-corrected chi connectivity index (χ4v) is 6.76. The number of piperidine rings is 1. The minimum Gasteiger partial charge on any atom is -0.490 e. The third-order valence-corrected chi connectivity index (χ3v) is 9.26. The summed E-state index contributed by atoms with van der Waals surface area (Å²) in [5.41, 5.74) is 7.54. The molecule has 1 fully saturated rings. The van der Waals surface area contributed by atoms with Crippen LogP contribution in [0.15, 0.2) is 96.5 Å². The predicted octanol–water partition coefficient (Wildman–Crippen LogP) is 4.58. The van der Waals surface area contributed by atoms with Gasteiger partial charge >= 0.3 is 0 Å². The van der Waals surface area contributed by atoms with Crippen molar-refractivity contribution in [1.29, 1.82) is 0 Å². The van der Waals surface area contributed by atoms with Gasteiger partial charge in [-0.05, 0) is 72.9 Å². The second-order valence-corrected chi connectivity index (χ2v) is 12.3. The normalized spacial score (nSPS) is 17.5. The maximum absolute atomic E-state index is 13.1. The Morgan fingerprint density at radius 3 is 2.33 bits per heavy atom. The van der Waals surface area contributed by atoms with Crippen molar-refractivity contribution in [3.8, 4) is 39.6 Å². The zero-order valence-electron chi connectivity index (χ0n) is 27.1. The summed E-state index contributed by atoms with van der Waals surface area (Å²) in [5.74, 6) is -1.29.